The van der Waals surface area contributed by atoms with Crippen LogP contribution in [0.1, 0.15) is 67.2 Å². The number of alkyl carbamates (subject to hydrolysis) is 1. The molecule has 1 spiro atoms. The summed E-state index contributed by atoms with van der Waals surface area (Å²) in [5.41, 5.74) is 1.34. The van der Waals surface area contributed by atoms with Crippen LogP contribution in [0.4, 0.5) is 23.8 Å². The summed E-state index contributed by atoms with van der Waals surface area (Å²) in [6, 6.07) is 13.5. The van der Waals surface area contributed by atoms with E-state index in [1.54, 1.807) is 63.4 Å². The van der Waals surface area contributed by atoms with E-state index in [1.807, 2.05) is 6.92 Å². The lowest BCUT2D eigenvalue weighted by atomic mass is 9.79. The molecule has 3 aromatic rings. The highest BCUT2D eigenvalue weighted by atomic mass is 19.4. The summed E-state index contributed by atoms with van der Waals surface area (Å²) in [4.78, 5) is 31.9. The Hall–Kier alpha value is -4.12. The molecule has 3 heterocycles. The molecule has 0 unspecified atom stereocenters. The maximum atomic E-state index is 13.6. The molecule has 2 aliphatic heterocycles. The number of amides is 2. The molecule has 2 aromatic carbocycles. The van der Waals surface area contributed by atoms with E-state index in [9.17, 15) is 22.8 Å². The summed E-state index contributed by atoms with van der Waals surface area (Å²) in [5.74, 6) is 0.503. The fourth-order valence-corrected chi connectivity index (χ4v) is 5.53. The number of carbonyl (C=O) groups is 2. The highest BCUT2D eigenvalue weighted by Crippen LogP contribution is 2.40. The van der Waals surface area contributed by atoms with Gasteiger partial charge < -0.3 is 25.0 Å². The number of nitrogens with zero attached hydrogens (tertiary/aromatic N) is 2. The van der Waals surface area contributed by atoms with E-state index in [0.29, 0.717) is 22.3 Å². The van der Waals surface area contributed by atoms with E-state index in [-0.39, 0.29) is 23.9 Å². The molecule has 2 aliphatic rings. The number of alkyl halides is 3. The number of carbonyl (C=O) groups excluding carboxylic acids is 2. The zero-order valence-electron chi connectivity index (χ0n) is 25.3. The topological polar surface area (TPSA) is 92.8 Å². The van der Waals surface area contributed by atoms with Crippen molar-refractivity contribution in [1.29, 1.82) is 0 Å². The first kappa shape index (κ1) is 31.3. The second-order valence-corrected chi connectivity index (χ2v) is 12.6. The third kappa shape index (κ3) is 7.32. The summed E-state index contributed by atoms with van der Waals surface area (Å²) in [6.07, 6.45) is -2.52. The molecule has 11 heteroatoms. The predicted octanol–water partition coefficient (Wildman–Crippen LogP) is 6.51. The van der Waals surface area contributed by atoms with Crippen LogP contribution in [-0.4, -0.2) is 48.9 Å². The van der Waals surface area contributed by atoms with Crippen LogP contribution in [0.5, 0.6) is 0 Å². The van der Waals surface area contributed by atoms with Crippen molar-refractivity contribution in [2.24, 2.45) is 5.41 Å². The van der Waals surface area contributed by atoms with Crippen LogP contribution >= 0.6 is 0 Å². The average molecular weight is 611 g/mol. The van der Waals surface area contributed by atoms with Crippen molar-refractivity contribution in [1.82, 2.24) is 15.6 Å². The number of rotatable bonds is 7. The monoisotopic (exact) mass is 610 g/mol. The van der Waals surface area contributed by atoms with Gasteiger partial charge in [0, 0.05) is 43.4 Å². The quantitative estimate of drug-likeness (QED) is 0.317. The van der Waals surface area contributed by atoms with Gasteiger partial charge >= 0.3 is 12.3 Å². The molecule has 0 aliphatic carbocycles. The Balaban J connectivity index is 1.27. The molecular weight excluding hydrogens is 573 g/mol. The number of hydrogen-bond donors (Lipinski definition) is 2. The molecule has 1 aromatic heterocycles. The van der Waals surface area contributed by atoms with Crippen molar-refractivity contribution in [3.05, 3.63) is 83.0 Å². The predicted molar refractivity (Wildman–Crippen MR) is 160 cm³/mol. The Bertz CT molecular complexity index is 1500. The lowest BCUT2D eigenvalue weighted by Gasteiger charge is -2.47. The number of aromatic nitrogens is 1. The van der Waals surface area contributed by atoms with E-state index in [4.69, 9.17) is 9.47 Å². The molecule has 2 N–H and O–H groups in total. The number of halogens is 3. The molecule has 2 amide bonds. The smallest absolute Gasteiger partial charge is 0.416 e. The fraction of sp³-hybridized carbons (Fsp3) is 0.424. The highest BCUT2D eigenvalue weighted by molar-refractivity contribution is 5.95. The van der Waals surface area contributed by atoms with E-state index < -0.39 is 23.4 Å². The minimum Gasteiger partial charge on any atom is -0.444 e. The average Bonchev–Trinajstić information content (AvgIpc) is 3.45. The Labute approximate surface area is 254 Å². The lowest BCUT2D eigenvalue weighted by Crippen LogP contribution is -2.57. The molecule has 44 heavy (non-hydrogen) atoms. The Morgan fingerprint density at radius 1 is 1.07 bits per heavy atom. The lowest BCUT2D eigenvalue weighted by molar-refractivity contribution is -0.137. The minimum absolute atomic E-state index is 0.0172. The van der Waals surface area contributed by atoms with Gasteiger partial charge in [0.25, 0.3) is 5.91 Å². The third-order valence-corrected chi connectivity index (χ3v) is 7.90. The summed E-state index contributed by atoms with van der Waals surface area (Å²) < 4.78 is 51.5. The number of pyridine rings is 1. The first-order chi connectivity index (χ1) is 20.7. The molecule has 0 radical (unpaired) electrons. The van der Waals surface area contributed by atoms with Crippen molar-refractivity contribution < 1.29 is 32.2 Å². The zero-order chi connectivity index (χ0) is 31.7. The molecule has 8 nitrogen and oxygen atoms in total. The Kier molecular flexibility index (Phi) is 8.62. The van der Waals surface area contributed by atoms with Crippen LogP contribution < -0.4 is 15.5 Å². The Morgan fingerprint density at radius 2 is 1.80 bits per heavy atom. The zero-order valence-corrected chi connectivity index (χ0v) is 25.3. The summed E-state index contributed by atoms with van der Waals surface area (Å²) >= 11 is 0. The number of benzene rings is 2. The van der Waals surface area contributed by atoms with Gasteiger partial charge in [-0.15, -0.1) is 0 Å². The van der Waals surface area contributed by atoms with Crippen LogP contribution in [0.15, 0.2) is 60.8 Å². The number of ether oxygens (including phenoxy) is 2. The molecule has 5 rings (SSSR count). The SMILES string of the molecule is C[C@@H](NC(=O)c1ccnc(N2CC3(CCOC3)C2)c1)c1ccc(-c2cc(C(F)(F)F)ccc2CNC(=O)OC(C)(C)C)cc1. The van der Waals surface area contributed by atoms with Crippen molar-refractivity contribution in [2.75, 3.05) is 31.2 Å². The van der Waals surface area contributed by atoms with Gasteiger partial charge in [-0.05, 0) is 80.6 Å². The fourth-order valence-electron chi connectivity index (χ4n) is 5.53. The van der Waals surface area contributed by atoms with Crippen LogP contribution in [0.3, 0.4) is 0 Å². The van der Waals surface area contributed by atoms with Gasteiger partial charge in [0.2, 0.25) is 0 Å². The van der Waals surface area contributed by atoms with E-state index in [0.717, 1.165) is 56.2 Å². The molecule has 0 saturated carbocycles. The van der Waals surface area contributed by atoms with Gasteiger partial charge in [-0.25, -0.2) is 9.78 Å². The van der Waals surface area contributed by atoms with Crippen LogP contribution in [0.25, 0.3) is 11.1 Å². The highest BCUT2D eigenvalue weighted by Gasteiger charge is 2.46. The van der Waals surface area contributed by atoms with Crippen molar-refractivity contribution >= 4 is 17.8 Å². The second kappa shape index (κ2) is 12.1. The van der Waals surface area contributed by atoms with Crippen LogP contribution in [0, 0.1) is 5.41 Å². The number of anilines is 1. The molecule has 2 saturated heterocycles. The maximum absolute atomic E-state index is 13.6. The largest absolute Gasteiger partial charge is 0.444 e. The van der Waals surface area contributed by atoms with Crippen molar-refractivity contribution in [3.8, 4) is 11.1 Å². The van der Waals surface area contributed by atoms with Crippen LogP contribution in [-0.2, 0) is 22.2 Å². The normalized spacial score (nSPS) is 16.8. The minimum atomic E-state index is -4.53. The summed E-state index contributed by atoms with van der Waals surface area (Å²) in [6.45, 7) is 10.3. The van der Waals surface area contributed by atoms with Crippen LogP contribution in [0.2, 0.25) is 0 Å². The number of hydrogen-bond acceptors (Lipinski definition) is 6. The Morgan fingerprint density at radius 3 is 2.43 bits per heavy atom. The van der Waals surface area contributed by atoms with Crippen molar-refractivity contribution in [3.63, 3.8) is 0 Å². The van der Waals surface area contributed by atoms with Gasteiger partial charge in [0.15, 0.2) is 0 Å². The second-order valence-electron chi connectivity index (χ2n) is 12.6. The van der Waals surface area contributed by atoms with E-state index in [1.165, 1.54) is 6.07 Å². The number of nitrogens with one attached hydrogen (secondary N) is 2. The molecule has 0 bridgehead atoms. The van der Waals surface area contributed by atoms with E-state index >= 15 is 0 Å². The first-order valence-electron chi connectivity index (χ1n) is 14.6. The van der Waals surface area contributed by atoms with Crippen molar-refractivity contribution in [2.45, 2.75) is 58.5 Å². The third-order valence-electron chi connectivity index (χ3n) is 7.90. The standard InChI is InChI=1S/C33H37F3N4O4/c1-21(39-29(41)24-11-13-37-28(15-24)40-18-32(19-40)12-14-43-20-32)22-5-7-23(8-6-22)27-16-26(33(34,35)36)10-9-25(27)17-38-30(42)44-31(2,3)4/h5-11,13,15-16,21H,12,14,17-20H2,1-4H3,(H,38,42)(H,39,41)/t21-/m1/s1. The summed E-state index contributed by atoms with van der Waals surface area (Å²) in [7, 11) is 0. The molecular formula is C33H37F3N4O4. The molecule has 234 valence electrons. The van der Waals surface area contributed by atoms with Gasteiger partial charge in [0.1, 0.15) is 11.4 Å². The van der Waals surface area contributed by atoms with E-state index in [2.05, 4.69) is 20.5 Å². The summed E-state index contributed by atoms with van der Waals surface area (Å²) in [5, 5.41) is 5.62. The molecule has 1 atom stereocenters. The van der Waals surface area contributed by atoms with Gasteiger partial charge in [-0.1, -0.05) is 30.3 Å². The van der Waals surface area contributed by atoms with Gasteiger partial charge in [-0.2, -0.15) is 13.2 Å². The molecule has 2 fully saturated rings. The first-order valence-corrected chi connectivity index (χ1v) is 14.6. The van der Waals surface area contributed by atoms with Gasteiger partial charge in [-0.3, -0.25) is 4.79 Å². The maximum Gasteiger partial charge on any atom is 0.416 e. The van der Waals surface area contributed by atoms with Gasteiger partial charge in [0.05, 0.1) is 18.2 Å².